The Morgan fingerprint density at radius 3 is 2.81 bits per heavy atom. The number of nitrogens with one attached hydrogen (secondary N) is 1. The van der Waals surface area contributed by atoms with E-state index in [-0.39, 0.29) is 18.1 Å². The first kappa shape index (κ1) is 12.7. The number of rotatable bonds is 5. The molecular weight excluding hydrogens is 229 g/mol. The highest BCUT2D eigenvalue weighted by Crippen LogP contribution is 2.06. The molecule has 4 heteroatoms. The topological polar surface area (TPSA) is 29.1 Å². The van der Waals surface area contributed by atoms with Crippen LogP contribution in [0.3, 0.4) is 0 Å². The average molecular weight is 242 g/mol. The molecule has 2 nitrogen and oxygen atoms in total. The van der Waals surface area contributed by atoms with Gasteiger partial charge in [0.2, 0.25) is 5.91 Å². The van der Waals surface area contributed by atoms with Gasteiger partial charge >= 0.3 is 0 Å². The number of carbonyl (C=O) groups excluding carboxylic acids is 1. The van der Waals surface area contributed by atoms with Crippen LogP contribution in [-0.2, 0) is 11.2 Å². The molecule has 1 aromatic carbocycles. The molecule has 0 aliphatic heterocycles. The third kappa shape index (κ3) is 4.45. The van der Waals surface area contributed by atoms with Gasteiger partial charge in [-0.25, -0.2) is 4.39 Å². The van der Waals surface area contributed by atoms with E-state index in [9.17, 15) is 9.18 Å². The number of amides is 1. The van der Waals surface area contributed by atoms with Crippen LogP contribution in [0.2, 0.25) is 0 Å². The third-order valence-electron chi connectivity index (χ3n) is 1.98. The number of hydrogen-bond acceptors (Lipinski definition) is 1. The van der Waals surface area contributed by atoms with Gasteiger partial charge in [0.25, 0.3) is 0 Å². The molecular formula is C12H13ClFNO. The van der Waals surface area contributed by atoms with Gasteiger partial charge in [-0.15, -0.1) is 11.6 Å². The van der Waals surface area contributed by atoms with Crippen LogP contribution in [0.15, 0.2) is 36.4 Å². The van der Waals surface area contributed by atoms with Crippen LogP contribution in [0.1, 0.15) is 5.56 Å². The van der Waals surface area contributed by atoms with E-state index in [2.05, 4.69) is 5.32 Å². The normalized spacial score (nSPS) is 10.6. The average Bonchev–Trinajstić information content (AvgIpc) is 2.28. The van der Waals surface area contributed by atoms with E-state index in [4.69, 9.17) is 11.6 Å². The second-order valence-corrected chi connectivity index (χ2v) is 3.51. The van der Waals surface area contributed by atoms with Crippen molar-refractivity contribution >= 4 is 17.5 Å². The Balaban J connectivity index is 2.40. The van der Waals surface area contributed by atoms with Crippen molar-refractivity contribution in [3.05, 3.63) is 47.8 Å². The lowest BCUT2D eigenvalue weighted by Crippen LogP contribution is -2.25. The molecule has 0 aliphatic carbocycles. The summed E-state index contributed by atoms with van der Waals surface area (Å²) >= 11 is 5.42. The molecule has 1 rings (SSSR count). The van der Waals surface area contributed by atoms with E-state index in [0.717, 1.165) is 0 Å². The first-order valence-corrected chi connectivity index (χ1v) is 5.48. The minimum Gasteiger partial charge on any atom is -0.352 e. The van der Waals surface area contributed by atoms with Crippen LogP contribution < -0.4 is 5.32 Å². The molecule has 1 aromatic rings. The van der Waals surface area contributed by atoms with Gasteiger partial charge in [-0.05, 0) is 11.6 Å². The smallest absolute Gasteiger partial charge is 0.224 e. The molecule has 0 saturated heterocycles. The number of halogens is 2. The van der Waals surface area contributed by atoms with Gasteiger partial charge in [0.15, 0.2) is 0 Å². The summed E-state index contributed by atoms with van der Waals surface area (Å²) in [6.45, 7) is 0.417. The van der Waals surface area contributed by atoms with E-state index < -0.39 is 0 Å². The standard InChI is InChI=1S/C12H13ClFNO/c13-7-3-4-8-15-12(16)9-10-5-1-2-6-11(10)14/h1-6H,7-9H2,(H,15,16)/b4-3+. The second kappa shape index (κ2) is 7.01. The lowest BCUT2D eigenvalue weighted by Gasteiger charge is -2.03. The minimum absolute atomic E-state index is 0.0569. The fraction of sp³-hybridized carbons (Fsp3) is 0.250. The van der Waals surface area contributed by atoms with Crippen molar-refractivity contribution in [2.75, 3.05) is 12.4 Å². The predicted molar refractivity (Wildman–Crippen MR) is 63.0 cm³/mol. The zero-order chi connectivity index (χ0) is 11.8. The lowest BCUT2D eigenvalue weighted by atomic mass is 10.1. The highest BCUT2D eigenvalue weighted by atomic mass is 35.5. The SMILES string of the molecule is O=C(Cc1ccccc1F)NC/C=C/CCl. The summed E-state index contributed by atoms with van der Waals surface area (Å²) in [6.07, 6.45) is 3.55. The zero-order valence-electron chi connectivity index (χ0n) is 8.75. The molecule has 0 spiro atoms. The summed E-state index contributed by atoms with van der Waals surface area (Å²) in [5.41, 5.74) is 0.404. The number of hydrogen-bond donors (Lipinski definition) is 1. The summed E-state index contributed by atoms with van der Waals surface area (Å²) in [4.78, 5) is 11.4. The molecule has 0 saturated carbocycles. The molecule has 0 unspecified atom stereocenters. The molecule has 0 fully saturated rings. The van der Waals surface area contributed by atoms with Crippen LogP contribution in [0.4, 0.5) is 4.39 Å². The van der Waals surface area contributed by atoms with Crippen LogP contribution in [0.25, 0.3) is 0 Å². The third-order valence-corrected chi connectivity index (χ3v) is 2.16. The maximum atomic E-state index is 13.2. The van der Waals surface area contributed by atoms with Gasteiger partial charge in [0, 0.05) is 12.4 Å². The van der Waals surface area contributed by atoms with Gasteiger partial charge in [0.05, 0.1) is 6.42 Å². The maximum absolute atomic E-state index is 13.2. The first-order chi connectivity index (χ1) is 7.74. The van der Waals surface area contributed by atoms with Gasteiger partial charge in [0.1, 0.15) is 5.82 Å². The van der Waals surface area contributed by atoms with E-state index in [1.165, 1.54) is 6.07 Å². The Kier molecular flexibility index (Phi) is 5.57. The van der Waals surface area contributed by atoms with Crippen molar-refractivity contribution in [1.29, 1.82) is 0 Å². The molecule has 0 aromatic heterocycles. The highest BCUT2D eigenvalue weighted by molar-refractivity contribution is 6.18. The van der Waals surface area contributed by atoms with Crippen LogP contribution in [0.5, 0.6) is 0 Å². The largest absolute Gasteiger partial charge is 0.352 e. The fourth-order valence-corrected chi connectivity index (χ4v) is 1.32. The van der Waals surface area contributed by atoms with Crippen molar-refractivity contribution in [2.24, 2.45) is 0 Å². The molecule has 0 bridgehead atoms. The summed E-state index contributed by atoms with van der Waals surface area (Å²) in [7, 11) is 0. The molecule has 1 N–H and O–H groups in total. The van der Waals surface area contributed by atoms with E-state index in [1.54, 1.807) is 30.4 Å². The van der Waals surface area contributed by atoms with Crippen molar-refractivity contribution in [3.8, 4) is 0 Å². The number of alkyl halides is 1. The van der Waals surface area contributed by atoms with E-state index in [1.807, 2.05) is 0 Å². The van der Waals surface area contributed by atoms with Gasteiger partial charge < -0.3 is 5.32 Å². The van der Waals surface area contributed by atoms with Gasteiger partial charge in [-0.2, -0.15) is 0 Å². The summed E-state index contributed by atoms with van der Waals surface area (Å²) in [5.74, 6) is -0.137. The van der Waals surface area contributed by atoms with Crippen LogP contribution >= 0.6 is 11.6 Å². The Morgan fingerprint density at radius 2 is 2.12 bits per heavy atom. The minimum atomic E-state index is -0.353. The summed E-state index contributed by atoms with van der Waals surface area (Å²) in [6, 6.07) is 6.25. The van der Waals surface area contributed by atoms with E-state index >= 15 is 0 Å². The maximum Gasteiger partial charge on any atom is 0.224 e. The number of benzene rings is 1. The molecule has 0 atom stereocenters. The quantitative estimate of drug-likeness (QED) is 0.622. The number of allylic oxidation sites excluding steroid dienone is 1. The lowest BCUT2D eigenvalue weighted by molar-refractivity contribution is -0.120. The Bertz CT molecular complexity index is 379. The molecule has 16 heavy (non-hydrogen) atoms. The predicted octanol–water partition coefficient (Wildman–Crippen LogP) is 2.28. The van der Waals surface area contributed by atoms with Gasteiger partial charge in [-0.3, -0.25) is 4.79 Å². The van der Waals surface area contributed by atoms with Crippen molar-refractivity contribution in [1.82, 2.24) is 5.32 Å². The molecule has 0 radical (unpaired) electrons. The molecule has 1 amide bonds. The Labute approximate surface area is 99.1 Å². The summed E-state index contributed by atoms with van der Waals surface area (Å²) in [5, 5.41) is 2.64. The second-order valence-electron chi connectivity index (χ2n) is 3.20. The fourth-order valence-electron chi connectivity index (χ4n) is 1.20. The van der Waals surface area contributed by atoms with Crippen molar-refractivity contribution < 1.29 is 9.18 Å². The molecule has 86 valence electrons. The zero-order valence-corrected chi connectivity index (χ0v) is 9.51. The van der Waals surface area contributed by atoms with Crippen LogP contribution in [-0.4, -0.2) is 18.3 Å². The van der Waals surface area contributed by atoms with Gasteiger partial charge in [-0.1, -0.05) is 30.4 Å². The molecule has 0 aliphatic rings. The molecule has 0 heterocycles. The monoisotopic (exact) mass is 241 g/mol. The van der Waals surface area contributed by atoms with Crippen molar-refractivity contribution in [2.45, 2.75) is 6.42 Å². The van der Waals surface area contributed by atoms with Crippen molar-refractivity contribution in [3.63, 3.8) is 0 Å². The number of carbonyl (C=O) groups is 1. The summed E-state index contributed by atoms with van der Waals surface area (Å²) < 4.78 is 13.2. The van der Waals surface area contributed by atoms with Crippen LogP contribution in [0, 0.1) is 5.82 Å². The van der Waals surface area contributed by atoms with E-state index in [0.29, 0.717) is 18.0 Å². The highest BCUT2D eigenvalue weighted by Gasteiger charge is 2.05. The Morgan fingerprint density at radius 1 is 1.38 bits per heavy atom. The first-order valence-electron chi connectivity index (χ1n) is 4.95. The Hall–Kier alpha value is -1.35.